The first-order chi connectivity index (χ1) is 13.3. The molecule has 146 valence electrons. The van der Waals surface area contributed by atoms with Crippen LogP contribution in [-0.4, -0.2) is 24.9 Å². The molecule has 28 heavy (non-hydrogen) atoms. The number of carbonyl (C=O) groups excluding carboxylic acids is 2. The van der Waals surface area contributed by atoms with Crippen molar-refractivity contribution in [2.75, 3.05) is 18.0 Å². The summed E-state index contributed by atoms with van der Waals surface area (Å²) in [6.45, 7) is 0.456. The molecule has 0 saturated carbocycles. The van der Waals surface area contributed by atoms with Crippen LogP contribution in [0.25, 0.3) is 6.08 Å². The number of para-hydroxylation sites is 1. The van der Waals surface area contributed by atoms with E-state index in [2.05, 4.69) is 5.32 Å². The Morgan fingerprint density at radius 3 is 2.50 bits per heavy atom. The van der Waals surface area contributed by atoms with E-state index < -0.39 is 17.6 Å². The summed E-state index contributed by atoms with van der Waals surface area (Å²) < 4.78 is 37.6. The Labute approximate surface area is 160 Å². The SMILES string of the molecule is O=C(/C=C/c1ccc(C(F)(F)F)cc1)NCC(=O)N1CCCc2ccccc21. The molecule has 1 aliphatic heterocycles. The van der Waals surface area contributed by atoms with Crippen LogP contribution in [0.15, 0.2) is 54.6 Å². The van der Waals surface area contributed by atoms with Crippen molar-refractivity contribution in [1.29, 1.82) is 0 Å². The number of carbonyl (C=O) groups is 2. The predicted octanol–water partition coefficient (Wildman–Crippen LogP) is 3.81. The summed E-state index contributed by atoms with van der Waals surface area (Å²) in [4.78, 5) is 26.0. The van der Waals surface area contributed by atoms with E-state index in [-0.39, 0.29) is 12.5 Å². The molecule has 0 unspecified atom stereocenters. The lowest BCUT2D eigenvalue weighted by atomic mass is 10.0. The van der Waals surface area contributed by atoms with Crippen molar-refractivity contribution in [3.63, 3.8) is 0 Å². The van der Waals surface area contributed by atoms with E-state index in [4.69, 9.17) is 0 Å². The molecule has 0 radical (unpaired) electrons. The Morgan fingerprint density at radius 1 is 1.07 bits per heavy atom. The summed E-state index contributed by atoms with van der Waals surface area (Å²) in [5.41, 5.74) is 1.69. The fourth-order valence-electron chi connectivity index (χ4n) is 3.06. The average molecular weight is 388 g/mol. The summed E-state index contributed by atoms with van der Waals surface area (Å²) >= 11 is 0. The second-order valence-corrected chi connectivity index (χ2v) is 6.45. The van der Waals surface area contributed by atoms with Crippen molar-refractivity contribution in [2.45, 2.75) is 19.0 Å². The van der Waals surface area contributed by atoms with Gasteiger partial charge in [0.2, 0.25) is 11.8 Å². The number of aryl methyl sites for hydroxylation is 1. The zero-order valence-electron chi connectivity index (χ0n) is 15.0. The number of benzene rings is 2. The second kappa shape index (κ2) is 8.29. The minimum atomic E-state index is -4.40. The maximum absolute atomic E-state index is 12.5. The summed E-state index contributed by atoms with van der Waals surface area (Å²) in [6, 6.07) is 12.1. The Bertz CT molecular complexity index is 889. The van der Waals surface area contributed by atoms with Gasteiger partial charge < -0.3 is 10.2 Å². The van der Waals surface area contributed by atoms with Crippen molar-refractivity contribution in [3.05, 3.63) is 71.3 Å². The number of hydrogen-bond acceptors (Lipinski definition) is 2. The lowest BCUT2D eigenvalue weighted by Crippen LogP contribution is -2.42. The molecule has 0 aliphatic carbocycles. The fraction of sp³-hybridized carbons (Fsp3) is 0.238. The number of anilines is 1. The summed E-state index contributed by atoms with van der Waals surface area (Å²) in [5, 5.41) is 2.52. The molecule has 2 amide bonds. The van der Waals surface area contributed by atoms with Crippen LogP contribution in [0.4, 0.5) is 18.9 Å². The van der Waals surface area contributed by atoms with Crippen LogP contribution in [0.2, 0.25) is 0 Å². The van der Waals surface area contributed by atoms with Gasteiger partial charge in [0.15, 0.2) is 0 Å². The number of nitrogens with one attached hydrogen (secondary N) is 1. The molecule has 4 nitrogen and oxygen atoms in total. The Morgan fingerprint density at radius 2 is 1.79 bits per heavy atom. The Kier molecular flexibility index (Phi) is 5.82. The van der Waals surface area contributed by atoms with E-state index in [1.54, 1.807) is 4.90 Å². The van der Waals surface area contributed by atoms with Crippen molar-refractivity contribution >= 4 is 23.6 Å². The van der Waals surface area contributed by atoms with Crippen molar-refractivity contribution in [3.8, 4) is 0 Å². The highest BCUT2D eigenvalue weighted by molar-refractivity contribution is 5.99. The molecule has 0 spiro atoms. The van der Waals surface area contributed by atoms with Gasteiger partial charge in [-0.05, 0) is 48.2 Å². The minimum absolute atomic E-state index is 0.148. The van der Waals surface area contributed by atoms with E-state index in [0.29, 0.717) is 12.1 Å². The molecule has 0 bridgehead atoms. The first-order valence-corrected chi connectivity index (χ1v) is 8.86. The number of hydrogen-bond donors (Lipinski definition) is 1. The van der Waals surface area contributed by atoms with E-state index in [1.165, 1.54) is 24.3 Å². The molecule has 7 heteroatoms. The number of nitrogens with zero attached hydrogens (tertiary/aromatic N) is 1. The third-order valence-corrected chi connectivity index (χ3v) is 4.49. The van der Waals surface area contributed by atoms with Crippen LogP contribution in [-0.2, 0) is 22.2 Å². The maximum Gasteiger partial charge on any atom is 0.416 e. The van der Waals surface area contributed by atoms with Gasteiger partial charge in [-0.15, -0.1) is 0 Å². The molecular weight excluding hydrogens is 369 g/mol. The van der Waals surface area contributed by atoms with Crippen molar-refractivity contribution < 1.29 is 22.8 Å². The number of amides is 2. The van der Waals surface area contributed by atoms with E-state index in [1.807, 2.05) is 24.3 Å². The molecule has 2 aromatic rings. The van der Waals surface area contributed by atoms with Gasteiger partial charge >= 0.3 is 6.18 Å². The number of fused-ring (bicyclic) bond motifs is 1. The normalized spacial score (nSPS) is 14.0. The highest BCUT2D eigenvalue weighted by atomic mass is 19.4. The smallest absolute Gasteiger partial charge is 0.343 e. The molecule has 0 atom stereocenters. The number of alkyl halides is 3. The zero-order valence-corrected chi connectivity index (χ0v) is 15.0. The molecule has 0 aromatic heterocycles. The summed E-state index contributed by atoms with van der Waals surface area (Å²) in [5.74, 6) is -0.693. The number of rotatable bonds is 4. The molecule has 2 aromatic carbocycles. The summed E-state index contributed by atoms with van der Waals surface area (Å²) in [7, 11) is 0. The second-order valence-electron chi connectivity index (χ2n) is 6.45. The zero-order chi connectivity index (χ0) is 20.1. The monoisotopic (exact) mass is 388 g/mol. The number of halogens is 3. The van der Waals surface area contributed by atoms with Gasteiger partial charge in [0.05, 0.1) is 12.1 Å². The highest BCUT2D eigenvalue weighted by Crippen LogP contribution is 2.29. The largest absolute Gasteiger partial charge is 0.416 e. The molecular formula is C21H19F3N2O2. The average Bonchev–Trinajstić information content (AvgIpc) is 2.69. The third-order valence-electron chi connectivity index (χ3n) is 4.49. The molecule has 0 fully saturated rings. The first-order valence-electron chi connectivity index (χ1n) is 8.86. The Hall–Kier alpha value is -3.09. The quantitative estimate of drug-likeness (QED) is 0.810. The van der Waals surface area contributed by atoms with Crippen LogP contribution in [0.3, 0.4) is 0 Å². The van der Waals surface area contributed by atoms with Crippen LogP contribution in [0, 0.1) is 0 Å². The van der Waals surface area contributed by atoms with Crippen LogP contribution in [0.1, 0.15) is 23.1 Å². The summed E-state index contributed by atoms with van der Waals surface area (Å²) in [6.07, 6.45) is -0.0179. The lowest BCUT2D eigenvalue weighted by Gasteiger charge is -2.29. The van der Waals surface area contributed by atoms with Crippen LogP contribution >= 0.6 is 0 Å². The topological polar surface area (TPSA) is 49.4 Å². The van der Waals surface area contributed by atoms with Crippen molar-refractivity contribution in [1.82, 2.24) is 5.32 Å². The molecule has 0 saturated heterocycles. The Balaban J connectivity index is 1.54. The lowest BCUT2D eigenvalue weighted by molar-refractivity contribution is -0.137. The van der Waals surface area contributed by atoms with Gasteiger partial charge in [-0.3, -0.25) is 9.59 Å². The van der Waals surface area contributed by atoms with Gasteiger partial charge in [0, 0.05) is 18.3 Å². The van der Waals surface area contributed by atoms with Crippen molar-refractivity contribution in [2.24, 2.45) is 0 Å². The van der Waals surface area contributed by atoms with Gasteiger partial charge in [0.1, 0.15) is 0 Å². The highest BCUT2D eigenvalue weighted by Gasteiger charge is 2.29. The molecule has 1 heterocycles. The van der Waals surface area contributed by atoms with E-state index >= 15 is 0 Å². The molecule has 3 rings (SSSR count). The van der Waals surface area contributed by atoms with Crippen LogP contribution < -0.4 is 10.2 Å². The standard InChI is InChI=1S/C21H19F3N2O2/c22-21(23,24)17-10-7-15(8-11-17)9-12-19(27)25-14-20(28)26-13-3-5-16-4-1-2-6-18(16)26/h1-2,4,6-12H,3,5,13-14H2,(H,25,27)/b12-9+. The molecule has 1 N–H and O–H groups in total. The van der Waals surface area contributed by atoms with Gasteiger partial charge in [0.25, 0.3) is 0 Å². The van der Waals surface area contributed by atoms with E-state index in [0.717, 1.165) is 36.2 Å². The minimum Gasteiger partial charge on any atom is -0.343 e. The van der Waals surface area contributed by atoms with Gasteiger partial charge in [-0.25, -0.2) is 0 Å². The third kappa shape index (κ3) is 4.79. The first kappa shape index (κ1) is 19.7. The van der Waals surface area contributed by atoms with Gasteiger partial charge in [-0.2, -0.15) is 13.2 Å². The van der Waals surface area contributed by atoms with Crippen LogP contribution in [0.5, 0.6) is 0 Å². The van der Waals surface area contributed by atoms with E-state index in [9.17, 15) is 22.8 Å². The predicted molar refractivity (Wildman–Crippen MR) is 101 cm³/mol. The fourth-order valence-corrected chi connectivity index (χ4v) is 3.06. The molecule has 1 aliphatic rings. The maximum atomic E-state index is 12.5. The van der Waals surface area contributed by atoms with Gasteiger partial charge in [-0.1, -0.05) is 30.3 Å².